The van der Waals surface area contributed by atoms with Crippen molar-refractivity contribution in [1.82, 2.24) is 10.6 Å². The van der Waals surface area contributed by atoms with E-state index in [9.17, 15) is 19.7 Å². The van der Waals surface area contributed by atoms with Crippen LogP contribution in [0.25, 0.3) is 0 Å². The van der Waals surface area contributed by atoms with Crippen LogP contribution in [0.5, 0.6) is 0 Å². The second-order valence-electron chi connectivity index (χ2n) is 6.94. The fourth-order valence-corrected chi connectivity index (χ4v) is 3.58. The number of carbonyl (C=O) groups excluding carboxylic acids is 2. The van der Waals surface area contributed by atoms with Crippen LogP contribution >= 0.6 is 34.8 Å². The highest BCUT2D eigenvalue weighted by Crippen LogP contribution is 2.23. The molecule has 0 aliphatic heterocycles. The topological polar surface area (TPSA) is 101 Å². The summed E-state index contributed by atoms with van der Waals surface area (Å²) in [7, 11) is 0. The predicted octanol–water partition coefficient (Wildman–Crippen LogP) is 4.67. The van der Waals surface area contributed by atoms with Crippen LogP contribution in [0.15, 0.2) is 36.4 Å². The molecule has 0 saturated heterocycles. The molecule has 1 unspecified atom stereocenters. The normalized spacial score (nSPS) is 11.8. The molecule has 0 aliphatic carbocycles. The Hall–Kier alpha value is -2.35. The Kier molecular flexibility index (Phi) is 8.46. The summed E-state index contributed by atoms with van der Waals surface area (Å²) < 4.78 is 0. The van der Waals surface area contributed by atoms with Crippen molar-refractivity contribution in [2.45, 2.75) is 26.3 Å². The van der Waals surface area contributed by atoms with Gasteiger partial charge in [0.25, 0.3) is 11.6 Å². The van der Waals surface area contributed by atoms with Crippen LogP contribution in [0.3, 0.4) is 0 Å². The summed E-state index contributed by atoms with van der Waals surface area (Å²) in [6, 6.07) is 7.87. The van der Waals surface area contributed by atoms with E-state index in [4.69, 9.17) is 34.8 Å². The smallest absolute Gasteiger partial charge is 0.270 e. The van der Waals surface area contributed by atoms with Crippen molar-refractivity contribution < 1.29 is 14.5 Å². The molecule has 30 heavy (non-hydrogen) atoms. The molecule has 7 nitrogen and oxygen atoms in total. The highest BCUT2D eigenvalue weighted by Gasteiger charge is 2.25. The summed E-state index contributed by atoms with van der Waals surface area (Å²) in [6.07, 6.45) is 0.513. The van der Waals surface area contributed by atoms with E-state index in [0.717, 1.165) is 11.6 Å². The number of hydrogen-bond donors (Lipinski definition) is 2. The van der Waals surface area contributed by atoms with Crippen LogP contribution in [0.1, 0.15) is 29.8 Å². The minimum atomic E-state index is -0.813. The number of nitro benzene ring substituents is 1. The Bertz CT molecular complexity index is 946. The largest absolute Gasteiger partial charge is 0.354 e. The van der Waals surface area contributed by atoms with Crippen molar-refractivity contribution >= 4 is 52.3 Å². The van der Waals surface area contributed by atoms with E-state index in [1.807, 2.05) is 0 Å². The van der Waals surface area contributed by atoms with E-state index in [0.29, 0.717) is 23.0 Å². The molecule has 0 bridgehead atoms. The highest BCUT2D eigenvalue weighted by atomic mass is 35.5. The minimum Gasteiger partial charge on any atom is -0.354 e. The first-order valence-corrected chi connectivity index (χ1v) is 10.2. The van der Waals surface area contributed by atoms with E-state index in [2.05, 4.69) is 10.6 Å². The number of non-ortho nitro benzene ring substituents is 1. The first kappa shape index (κ1) is 23.9. The summed E-state index contributed by atoms with van der Waals surface area (Å²) in [5, 5.41) is 17.2. The Morgan fingerprint density at radius 2 is 1.70 bits per heavy atom. The van der Waals surface area contributed by atoms with Crippen LogP contribution in [0.2, 0.25) is 15.1 Å². The molecule has 0 heterocycles. The van der Waals surface area contributed by atoms with Gasteiger partial charge in [-0.15, -0.1) is 0 Å². The van der Waals surface area contributed by atoms with Crippen LogP contribution in [0.4, 0.5) is 5.69 Å². The third-order valence-corrected chi connectivity index (χ3v) is 5.03. The lowest BCUT2D eigenvalue weighted by Crippen LogP contribution is -2.50. The number of benzene rings is 2. The SMILES string of the molecule is CC(C)C(NC(=O)c1ccc([N+](=O)[O-])cc1Cl)C(=O)NCCc1cc(Cl)cc(Cl)c1. The van der Waals surface area contributed by atoms with Crippen molar-refractivity contribution in [1.29, 1.82) is 0 Å². The molecule has 10 heteroatoms. The Balaban J connectivity index is 2.01. The van der Waals surface area contributed by atoms with E-state index >= 15 is 0 Å². The molecule has 0 radical (unpaired) electrons. The third kappa shape index (κ3) is 6.58. The summed E-state index contributed by atoms with van der Waals surface area (Å²) >= 11 is 17.9. The van der Waals surface area contributed by atoms with Crippen LogP contribution in [-0.2, 0) is 11.2 Å². The van der Waals surface area contributed by atoms with Gasteiger partial charge in [-0.05, 0) is 42.2 Å². The fraction of sp³-hybridized carbons (Fsp3) is 0.300. The Morgan fingerprint density at radius 1 is 1.07 bits per heavy atom. The van der Waals surface area contributed by atoms with Crippen molar-refractivity contribution in [3.63, 3.8) is 0 Å². The standard InChI is InChI=1S/C20H20Cl3N3O4/c1-11(2)18(20(28)24-6-5-12-7-13(21)9-14(22)8-12)25-19(27)16-4-3-15(26(29)30)10-17(16)23/h3-4,7-11,18H,5-6H2,1-2H3,(H,24,28)(H,25,27). The minimum absolute atomic E-state index is 0.0503. The second-order valence-corrected chi connectivity index (χ2v) is 8.22. The third-order valence-electron chi connectivity index (χ3n) is 4.28. The molecular weight excluding hydrogens is 453 g/mol. The van der Waals surface area contributed by atoms with Gasteiger partial charge in [-0.3, -0.25) is 19.7 Å². The number of rotatable bonds is 8. The Morgan fingerprint density at radius 3 is 2.23 bits per heavy atom. The van der Waals surface area contributed by atoms with Crippen LogP contribution in [0, 0.1) is 16.0 Å². The maximum atomic E-state index is 12.6. The van der Waals surface area contributed by atoms with Gasteiger partial charge in [-0.25, -0.2) is 0 Å². The molecule has 0 aliphatic rings. The Labute approximate surface area is 188 Å². The molecule has 2 aromatic rings. The zero-order valence-corrected chi connectivity index (χ0v) is 18.5. The van der Waals surface area contributed by atoms with Gasteiger partial charge in [0.15, 0.2) is 0 Å². The second kappa shape index (κ2) is 10.6. The highest BCUT2D eigenvalue weighted by molar-refractivity contribution is 6.35. The van der Waals surface area contributed by atoms with Gasteiger partial charge in [0.2, 0.25) is 5.91 Å². The molecule has 2 amide bonds. The summed E-state index contributed by atoms with van der Waals surface area (Å²) in [5.74, 6) is -1.15. The van der Waals surface area contributed by atoms with Gasteiger partial charge in [-0.1, -0.05) is 48.7 Å². The number of carbonyl (C=O) groups is 2. The van der Waals surface area contributed by atoms with E-state index in [1.165, 1.54) is 12.1 Å². The summed E-state index contributed by atoms with van der Waals surface area (Å²) in [4.78, 5) is 35.4. The van der Waals surface area contributed by atoms with Crippen molar-refractivity contribution in [3.8, 4) is 0 Å². The summed E-state index contributed by atoms with van der Waals surface area (Å²) in [5.41, 5.74) is 0.695. The lowest BCUT2D eigenvalue weighted by Gasteiger charge is -2.22. The summed E-state index contributed by atoms with van der Waals surface area (Å²) in [6.45, 7) is 3.91. The molecule has 2 rings (SSSR count). The fourth-order valence-electron chi connectivity index (χ4n) is 2.75. The number of nitrogens with one attached hydrogen (secondary N) is 2. The van der Waals surface area contributed by atoms with Gasteiger partial charge in [0.05, 0.1) is 15.5 Å². The number of nitro groups is 1. The zero-order valence-electron chi connectivity index (χ0n) is 16.2. The van der Waals surface area contributed by atoms with Crippen LogP contribution < -0.4 is 10.6 Å². The lowest BCUT2D eigenvalue weighted by molar-refractivity contribution is -0.384. The zero-order chi connectivity index (χ0) is 22.4. The predicted molar refractivity (Wildman–Crippen MR) is 117 cm³/mol. The van der Waals surface area contributed by atoms with Gasteiger partial charge in [-0.2, -0.15) is 0 Å². The van der Waals surface area contributed by atoms with Gasteiger partial charge >= 0.3 is 0 Å². The first-order valence-electron chi connectivity index (χ1n) is 9.06. The average Bonchev–Trinajstić information content (AvgIpc) is 2.64. The van der Waals surface area contributed by atoms with E-state index < -0.39 is 16.9 Å². The quantitative estimate of drug-likeness (QED) is 0.430. The molecule has 1 atom stereocenters. The first-order chi connectivity index (χ1) is 14.1. The van der Waals surface area contributed by atoms with Gasteiger partial charge in [0.1, 0.15) is 6.04 Å². The molecule has 2 aromatic carbocycles. The maximum Gasteiger partial charge on any atom is 0.270 e. The van der Waals surface area contributed by atoms with E-state index in [1.54, 1.807) is 32.0 Å². The molecule has 0 spiro atoms. The maximum absolute atomic E-state index is 12.6. The molecule has 160 valence electrons. The monoisotopic (exact) mass is 471 g/mol. The van der Waals surface area contributed by atoms with Gasteiger partial charge < -0.3 is 10.6 Å². The van der Waals surface area contributed by atoms with Crippen LogP contribution in [-0.4, -0.2) is 29.3 Å². The van der Waals surface area contributed by atoms with Crippen molar-refractivity contribution in [3.05, 3.63) is 72.7 Å². The molecule has 2 N–H and O–H groups in total. The van der Waals surface area contributed by atoms with Gasteiger partial charge in [0, 0.05) is 28.7 Å². The number of nitrogens with zero attached hydrogens (tertiary/aromatic N) is 1. The molecule has 0 saturated carbocycles. The van der Waals surface area contributed by atoms with Crippen molar-refractivity contribution in [2.75, 3.05) is 6.54 Å². The number of amides is 2. The van der Waals surface area contributed by atoms with Crippen molar-refractivity contribution in [2.24, 2.45) is 5.92 Å². The van der Waals surface area contributed by atoms with E-state index in [-0.39, 0.29) is 28.1 Å². The number of halogens is 3. The molecular formula is C20H20Cl3N3O4. The average molecular weight is 473 g/mol. The molecule has 0 aromatic heterocycles. The molecule has 0 fully saturated rings. The number of hydrogen-bond acceptors (Lipinski definition) is 4. The lowest BCUT2D eigenvalue weighted by atomic mass is 10.0.